The van der Waals surface area contributed by atoms with Gasteiger partial charge in [-0.2, -0.15) is 0 Å². The van der Waals surface area contributed by atoms with E-state index in [4.69, 9.17) is 5.73 Å². The number of Topliss-reactive ketones (excluding diaryl/α,β-unsaturated/α-hetero) is 1. The molecular weight excluding hydrogens is 138 g/mol. The highest BCUT2D eigenvalue weighted by atomic mass is 16.1. The first kappa shape index (κ1) is 7.29. The molecule has 2 N–H and O–H groups in total. The minimum Gasteiger partial charge on any atom is -0.328 e. The van der Waals surface area contributed by atoms with Crippen LogP contribution in [0.4, 0.5) is 0 Å². The number of ketones is 1. The van der Waals surface area contributed by atoms with Crippen molar-refractivity contribution in [2.45, 2.75) is 38.6 Å². The first-order valence-electron chi connectivity index (χ1n) is 4.37. The van der Waals surface area contributed by atoms with E-state index in [2.05, 4.69) is 0 Å². The Bertz CT molecular complexity index is 186. The molecule has 0 aromatic heterocycles. The van der Waals surface area contributed by atoms with Gasteiger partial charge in [0, 0.05) is 12.0 Å². The highest BCUT2D eigenvalue weighted by Crippen LogP contribution is 2.58. The smallest absolute Gasteiger partial charge is 0.132 e. The first-order chi connectivity index (χ1) is 5.11. The molecule has 2 fully saturated rings. The maximum atomic E-state index is 10.9. The van der Waals surface area contributed by atoms with Crippen LogP contribution in [0.25, 0.3) is 0 Å². The Morgan fingerprint density at radius 1 is 1.36 bits per heavy atom. The molecule has 0 saturated heterocycles. The molecule has 1 spiro atoms. The summed E-state index contributed by atoms with van der Waals surface area (Å²) in [6.45, 7) is 1.70. The summed E-state index contributed by atoms with van der Waals surface area (Å²) < 4.78 is 0. The van der Waals surface area contributed by atoms with Crippen LogP contribution < -0.4 is 5.73 Å². The summed E-state index contributed by atoms with van der Waals surface area (Å²) in [5.41, 5.74) is 6.22. The molecule has 11 heavy (non-hydrogen) atoms. The fraction of sp³-hybridized carbons (Fsp3) is 0.889. The third-order valence-corrected chi connectivity index (χ3v) is 3.32. The van der Waals surface area contributed by atoms with Gasteiger partial charge in [0.05, 0.1) is 0 Å². The molecule has 0 aromatic carbocycles. The minimum atomic E-state index is 0.371. The lowest BCUT2D eigenvalue weighted by molar-refractivity contribution is -0.133. The predicted octanol–water partition coefficient (Wildman–Crippen LogP) is 1.09. The zero-order valence-electron chi connectivity index (χ0n) is 6.97. The molecule has 0 amide bonds. The zero-order valence-corrected chi connectivity index (χ0v) is 6.97. The summed E-state index contributed by atoms with van der Waals surface area (Å²) in [4.78, 5) is 10.9. The second-order valence-electron chi connectivity index (χ2n) is 4.38. The Hall–Kier alpha value is -0.370. The van der Waals surface area contributed by atoms with Gasteiger partial charge >= 0.3 is 0 Å². The van der Waals surface area contributed by atoms with Crippen LogP contribution in [0.3, 0.4) is 0 Å². The van der Waals surface area contributed by atoms with Crippen LogP contribution >= 0.6 is 0 Å². The zero-order chi connectivity index (χ0) is 8.06. The molecule has 2 rings (SSSR count). The maximum absolute atomic E-state index is 10.9. The number of rotatable bonds is 1. The lowest BCUT2D eigenvalue weighted by Crippen LogP contribution is -2.54. The average Bonchev–Trinajstić information content (AvgIpc) is 1.73. The summed E-state index contributed by atoms with van der Waals surface area (Å²) >= 11 is 0. The second kappa shape index (κ2) is 2.07. The van der Waals surface area contributed by atoms with Crippen LogP contribution in [0.15, 0.2) is 0 Å². The Kier molecular flexibility index (Phi) is 1.37. The molecule has 2 aliphatic rings. The molecule has 62 valence electrons. The number of hydrogen-bond donors (Lipinski definition) is 1. The lowest BCUT2D eigenvalue weighted by Gasteiger charge is -2.56. The lowest BCUT2D eigenvalue weighted by atomic mass is 9.49. The molecule has 0 bridgehead atoms. The van der Waals surface area contributed by atoms with E-state index < -0.39 is 0 Å². The number of carbonyl (C=O) groups excluding carboxylic acids is 1. The molecule has 0 unspecified atom stereocenters. The molecule has 2 heteroatoms. The van der Waals surface area contributed by atoms with E-state index >= 15 is 0 Å². The number of hydrogen-bond acceptors (Lipinski definition) is 2. The minimum absolute atomic E-state index is 0.371. The molecule has 2 aliphatic carbocycles. The van der Waals surface area contributed by atoms with Crippen LogP contribution in [0.5, 0.6) is 0 Å². The molecule has 0 aromatic rings. The van der Waals surface area contributed by atoms with Gasteiger partial charge in [-0.1, -0.05) is 0 Å². The van der Waals surface area contributed by atoms with Crippen molar-refractivity contribution in [3.05, 3.63) is 0 Å². The van der Waals surface area contributed by atoms with Gasteiger partial charge in [0.2, 0.25) is 0 Å². The van der Waals surface area contributed by atoms with Gasteiger partial charge in [0.15, 0.2) is 0 Å². The fourth-order valence-corrected chi connectivity index (χ4v) is 2.66. The number of nitrogens with two attached hydrogens (primary N) is 1. The summed E-state index contributed by atoms with van der Waals surface area (Å²) in [5.74, 6) is 0.749. The van der Waals surface area contributed by atoms with E-state index in [-0.39, 0.29) is 0 Å². The van der Waals surface area contributed by atoms with Crippen molar-refractivity contribution in [2.24, 2.45) is 17.1 Å². The van der Waals surface area contributed by atoms with Gasteiger partial charge < -0.3 is 5.73 Å². The monoisotopic (exact) mass is 153 g/mol. The molecule has 2 saturated carbocycles. The Balaban J connectivity index is 1.84. The quantitative estimate of drug-likeness (QED) is 0.613. The van der Waals surface area contributed by atoms with Crippen molar-refractivity contribution in [1.29, 1.82) is 0 Å². The van der Waals surface area contributed by atoms with Gasteiger partial charge in [-0.15, -0.1) is 0 Å². The average molecular weight is 153 g/mol. The van der Waals surface area contributed by atoms with E-state index in [0.717, 1.165) is 25.7 Å². The molecule has 0 aliphatic heterocycles. The topological polar surface area (TPSA) is 43.1 Å². The van der Waals surface area contributed by atoms with Gasteiger partial charge in [-0.25, -0.2) is 0 Å². The standard InChI is InChI=1S/C9H15NO/c1-6(11)7-2-9(3-7)4-8(10)5-9/h7-8H,2-5,10H2,1H3. The van der Waals surface area contributed by atoms with E-state index in [0.29, 0.717) is 23.2 Å². The second-order valence-corrected chi connectivity index (χ2v) is 4.38. The normalized spacial score (nSPS) is 48.2. The Morgan fingerprint density at radius 3 is 2.27 bits per heavy atom. The summed E-state index contributed by atoms with van der Waals surface area (Å²) in [5, 5.41) is 0. The molecule has 2 nitrogen and oxygen atoms in total. The van der Waals surface area contributed by atoms with Crippen molar-refractivity contribution in [3.8, 4) is 0 Å². The van der Waals surface area contributed by atoms with Crippen LogP contribution in [0.2, 0.25) is 0 Å². The molecule has 0 heterocycles. The fourth-order valence-electron chi connectivity index (χ4n) is 2.66. The summed E-state index contributed by atoms with van der Waals surface area (Å²) in [6.07, 6.45) is 4.57. The van der Waals surface area contributed by atoms with Gasteiger partial charge in [-0.05, 0) is 38.0 Å². The SMILES string of the molecule is CC(=O)C1CC2(CC(N)C2)C1. The van der Waals surface area contributed by atoms with Crippen molar-refractivity contribution in [1.82, 2.24) is 0 Å². The van der Waals surface area contributed by atoms with Gasteiger partial charge in [-0.3, -0.25) is 4.79 Å². The van der Waals surface area contributed by atoms with Crippen LogP contribution in [-0.2, 0) is 4.79 Å². The van der Waals surface area contributed by atoms with Crippen LogP contribution in [0, 0.1) is 11.3 Å². The van der Waals surface area contributed by atoms with Crippen molar-refractivity contribution in [3.63, 3.8) is 0 Å². The van der Waals surface area contributed by atoms with E-state index in [1.807, 2.05) is 0 Å². The summed E-state index contributed by atoms with van der Waals surface area (Å²) in [7, 11) is 0. The number of carbonyl (C=O) groups is 1. The Morgan fingerprint density at radius 2 is 1.91 bits per heavy atom. The maximum Gasteiger partial charge on any atom is 0.132 e. The van der Waals surface area contributed by atoms with Crippen molar-refractivity contribution >= 4 is 5.78 Å². The first-order valence-corrected chi connectivity index (χ1v) is 4.37. The van der Waals surface area contributed by atoms with Crippen LogP contribution in [0.1, 0.15) is 32.6 Å². The van der Waals surface area contributed by atoms with E-state index in [9.17, 15) is 4.79 Å². The largest absolute Gasteiger partial charge is 0.328 e. The van der Waals surface area contributed by atoms with E-state index in [1.165, 1.54) is 0 Å². The van der Waals surface area contributed by atoms with Gasteiger partial charge in [0.1, 0.15) is 5.78 Å². The van der Waals surface area contributed by atoms with Crippen molar-refractivity contribution < 1.29 is 4.79 Å². The highest BCUT2D eigenvalue weighted by molar-refractivity contribution is 5.79. The Labute approximate surface area is 67.1 Å². The van der Waals surface area contributed by atoms with Crippen LogP contribution in [-0.4, -0.2) is 11.8 Å². The molecular formula is C9H15NO. The van der Waals surface area contributed by atoms with Gasteiger partial charge in [0.25, 0.3) is 0 Å². The third kappa shape index (κ3) is 1.00. The highest BCUT2D eigenvalue weighted by Gasteiger charge is 2.52. The van der Waals surface area contributed by atoms with E-state index in [1.54, 1.807) is 6.92 Å². The predicted molar refractivity (Wildman–Crippen MR) is 43.0 cm³/mol. The molecule has 0 radical (unpaired) electrons. The summed E-state index contributed by atoms with van der Waals surface area (Å²) in [6, 6.07) is 0.433. The third-order valence-electron chi connectivity index (χ3n) is 3.32. The molecule has 0 atom stereocenters. The van der Waals surface area contributed by atoms with Crippen molar-refractivity contribution in [2.75, 3.05) is 0 Å².